The highest BCUT2D eigenvalue weighted by molar-refractivity contribution is 5.96. The van der Waals surface area contributed by atoms with E-state index in [2.05, 4.69) is 27.5 Å². The van der Waals surface area contributed by atoms with Crippen LogP contribution in [0.1, 0.15) is 60.0 Å². The number of fused-ring (bicyclic) bond motifs is 1. The normalized spacial score (nSPS) is 16.6. The van der Waals surface area contributed by atoms with Gasteiger partial charge >= 0.3 is 11.9 Å². The maximum Gasteiger partial charge on any atom is 0.326 e. The molecule has 0 bridgehead atoms. The van der Waals surface area contributed by atoms with Gasteiger partial charge in [-0.15, -0.1) is 0 Å². The molecule has 0 spiro atoms. The second-order valence-electron chi connectivity index (χ2n) is 8.63. The summed E-state index contributed by atoms with van der Waals surface area (Å²) in [4.78, 5) is 53.2. The number of rotatable bonds is 10. The molecule has 1 aromatic carbocycles. The summed E-state index contributed by atoms with van der Waals surface area (Å²) in [6.07, 6.45) is 1.85. The summed E-state index contributed by atoms with van der Waals surface area (Å²) in [5.41, 5.74) is 7.34. The number of carboxylic acid groups (broad SMARTS) is 2. The van der Waals surface area contributed by atoms with Crippen LogP contribution in [-0.2, 0) is 16.0 Å². The molecular formula is C23H29N5O6. The topological polar surface area (TPSA) is 187 Å². The minimum Gasteiger partial charge on any atom is -0.481 e. The van der Waals surface area contributed by atoms with Crippen molar-refractivity contribution < 1.29 is 24.6 Å². The number of nitrogens with zero attached hydrogens (tertiary/aromatic N) is 1. The molecule has 2 aromatic rings. The molecule has 7 N–H and O–H groups in total. The summed E-state index contributed by atoms with van der Waals surface area (Å²) in [5.74, 6) is -1.83. The standard InChI is InChI=1S/C23H29N5O6/c1-12(2-3-13-10-16-19(25-11-13)27-23(24)28-21(16)32)14-4-6-15(7-5-14)20(31)26-17(22(33)34)8-9-18(29)30/h4-7,12-13,17H,2-3,8-11H2,1H3,(H,26,31)(H,29,30)(H,33,34)(H4,24,25,27,28,32)/t12?,13?,17-/m0/s1. The highest BCUT2D eigenvalue weighted by atomic mass is 16.4. The molecule has 1 aliphatic heterocycles. The van der Waals surface area contributed by atoms with Gasteiger partial charge < -0.3 is 26.6 Å². The number of carbonyl (C=O) groups excluding carboxylic acids is 1. The summed E-state index contributed by atoms with van der Waals surface area (Å²) in [5, 5.41) is 23.5. The highest BCUT2D eigenvalue weighted by Crippen LogP contribution is 2.28. The van der Waals surface area contributed by atoms with E-state index in [-0.39, 0.29) is 36.2 Å². The van der Waals surface area contributed by atoms with Crippen LogP contribution >= 0.6 is 0 Å². The Labute approximate surface area is 195 Å². The van der Waals surface area contributed by atoms with Gasteiger partial charge in [-0.25, -0.2) is 4.79 Å². The zero-order valence-electron chi connectivity index (χ0n) is 18.8. The van der Waals surface area contributed by atoms with Gasteiger partial charge in [-0.3, -0.25) is 19.4 Å². The molecule has 0 saturated carbocycles. The van der Waals surface area contributed by atoms with Crippen molar-refractivity contribution in [1.29, 1.82) is 0 Å². The smallest absolute Gasteiger partial charge is 0.326 e. The number of nitrogen functional groups attached to an aromatic ring is 1. The number of carbonyl (C=O) groups is 3. The summed E-state index contributed by atoms with van der Waals surface area (Å²) >= 11 is 0. The first-order valence-corrected chi connectivity index (χ1v) is 11.1. The number of anilines is 2. The number of H-pyrrole nitrogens is 1. The van der Waals surface area contributed by atoms with E-state index < -0.39 is 23.9 Å². The Morgan fingerprint density at radius 2 is 1.91 bits per heavy atom. The second-order valence-corrected chi connectivity index (χ2v) is 8.63. The maximum absolute atomic E-state index is 12.4. The van der Waals surface area contributed by atoms with Crippen molar-refractivity contribution >= 4 is 29.6 Å². The van der Waals surface area contributed by atoms with Crippen molar-refractivity contribution in [2.45, 2.75) is 51.0 Å². The van der Waals surface area contributed by atoms with E-state index in [1.165, 1.54) is 0 Å². The van der Waals surface area contributed by atoms with Crippen molar-refractivity contribution in [1.82, 2.24) is 15.3 Å². The molecule has 3 rings (SSSR count). The minimum atomic E-state index is -1.28. The third-order valence-corrected chi connectivity index (χ3v) is 6.08. The van der Waals surface area contributed by atoms with Crippen LogP contribution in [-0.4, -0.2) is 50.6 Å². The number of aromatic amines is 1. The number of benzene rings is 1. The number of amides is 1. The maximum atomic E-state index is 12.4. The summed E-state index contributed by atoms with van der Waals surface area (Å²) < 4.78 is 0. The largest absolute Gasteiger partial charge is 0.481 e. The third kappa shape index (κ3) is 6.33. The van der Waals surface area contributed by atoms with E-state index in [0.717, 1.165) is 18.4 Å². The van der Waals surface area contributed by atoms with Crippen LogP contribution in [0.25, 0.3) is 0 Å². The number of aromatic nitrogens is 2. The van der Waals surface area contributed by atoms with Crippen LogP contribution in [0.3, 0.4) is 0 Å². The van der Waals surface area contributed by atoms with Gasteiger partial charge in [0.2, 0.25) is 5.95 Å². The highest BCUT2D eigenvalue weighted by Gasteiger charge is 2.24. The molecular weight excluding hydrogens is 442 g/mol. The predicted octanol–water partition coefficient (Wildman–Crippen LogP) is 1.57. The van der Waals surface area contributed by atoms with Crippen LogP contribution < -0.4 is 21.9 Å². The van der Waals surface area contributed by atoms with Crippen LogP contribution in [0, 0.1) is 5.92 Å². The Morgan fingerprint density at radius 1 is 1.21 bits per heavy atom. The number of hydrogen-bond donors (Lipinski definition) is 6. The van der Waals surface area contributed by atoms with E-state index in [4.69, 9.17) is 10.8 Å². The Morgan fingerprint density at radius 3 is 2.56 bits per heavy atom. The number of nitrogens with one attached hydrogen (secondary N) is 3. The Bertz CT molecular complexity index is 1110. The zero-order chi connectivity index (χ0) is 24.8. The average Bonchev–Trinajstić information content (AvgIpc) is 2.79. The second kappa shape index (κ2) is 10.8. The lowest BCUT2D eigenvalue weighted by atomic mass is 9.87. The van der Waals surface area contributed by atoms with Crippen molar-refractivity contribution in [3.8, 4) is 0 Å². The first kappa shape index (κ1) is 24.7. The molecule has 0 radical (unpaired) electrons. The SMILES string of the molecule is CC(CCC1CNc2nc(N)[nH]c(=O)c2C1)c1ccc(C(=O)N[C@@H](CCC(=O)O)C(=O)O)cc1. The quantitative estimate of drug-likeness (QED) is 0.299. The van der Waals surface area contributed by atoms with Crippen molar-refractivity contribution in [2.75, 3.05) is 17.6 Å². The van der Waals surface area contributed by atoms with E-state index in [1.54, 1.807) is 12.1 Å². The van der Waals surface area contributed by atoms with Gasteiger partial charge in [-0.05, 0) is 55.2 Å². The lowest BCUT2D eigenvalue weighted by molar-refractivity contribution is -0.140. The Balaban J connectivity index is 1.54. The predicted molar refractivity (Wildman–Crippen MR) is 125 cm³/mol. The molecule has 11 nitrogen and oxygen atoms in total. The fraction of sp³-hybridized carbons (Fsp3) is 0.435. The molecule has 11 heteroatoms. The monoisotopic (exact) mass is 471 g/mol. The first-order chi connectivity index (χ1) is 16.1. The molecule has 1 aromatic heterocycles. The summed E-state index contributed by atoms with van der Waals surface area (Å²) in [7, 11) is 0. The third-order valence-electron chi connectivity index (χ3n) is 6.08. The fourth-order valence-corrected chi connectivity index (χ4v) is 4.04. The van der Waals surface area contributed by atoms with Crippen molar-refractivity contribution in [2.24, 2.45) is 5.92 Å². The molecule has 3 atom stereocenters. The molecule has 1 aliphatic rings. The fourth-order valence-electron chi connectivity index (χ4n) is 4.04. The molecule has 2 unspecified atom stereocenters. The summed E-state index contributed by atoms with van der Waals surface area (Å²) in [6.45, 7) is 2.79. The van der Waals surface area contributed by atoms with Gasteiger partial charge in [-0.2, -0.15) is 4.98 Å². The van der Waals surface area contributed by atoms with Crippen LogP contribution in [0.4, 0.5) is 11.8 Å². The van der Waals surface area contributed by atoms with Gasteiger partial charge in [0.05, 0.1) is 5.56 Å². The molecule has 34 heavy (non-hydrogen) atoms. The number of carboxylic acids is 2. The van der Waals surface area contributed by atoms with Crippen molar-refractivity contribution in [3.05, 3.63) is 51.3 Å². The van der Waals surface area contributed by atoms with Crippen molar-refractivity contribution in [3.63, 3.8) is 0 Å². The number of aliphatic carboxylic acids is 2. The molecule has 0 saturated heterocycles. The molecule has 182 valence electrons. The Kier molecular flexibility index (Phi) is 7.87. The van der Waals surface area contributed by atoms with Gasteiger partial charge in [0.1, 0.15) is 11.9 Å². The van der Waals surface area contributed by atoms with Gasteiger partial charge in [-0.1, -0.05) is 19.1 Å². The van der Waals surface area contributed by atoms with Crippen LogP contribution in [0.15, 0.2) is 29.1 Å². The van der Waals surface area contributed by atoms with E-state index in [1.807, 2.05) is 12.1 Å². The van der Waals surface area contributed by atoms with Crippen LogP contribution in [0.5, 0.6) is 0 Å². The van der Waals surface area contributed by atoms with Gasteiger partial charge in [0, 0.05) is 18.5 Å². The van der Waals surface area contributed by atoms with Gasteiger partial charge in [0.15, 0.2) is 0 Å². The zero-order valence-corrected chi connectivity index (χ0v) is 18.8. The lowest BCUT2D eigenvalue weighted by Gasteiger charge is -2.25. The molecule has 0 aliphatic carbocycles. The number of hydrogen-bond acceptors (Lipinski definition) is 7. The summed E-state index contributed by atoms with van der Waals surface area (Å²) in [6, 6.07) is 5.66. The van der Waals surface area contributed by atoms with E-state index in [0.29, 0.717) is 29.9 Å². The van der Waals surface area contributed by atoms with E-state index in [9.17, 15) is 24.3 Å². The average molecular weight is 472 g/mol. The minimum absolute atomic E-state index is 0.0965. The lowest BCUT2D eigenvalue weighted by Crippen LogP contribution is -2.41. The molecule has 2 heterocycles. The molecule has 1 amide bonds. The number of nitrogens with two attached hydrogens (primary N) is 1. The van der Waals surface area contributed by atoms with Gasteiger partial charge in [0.25, 0.3) is 11.5 Å². The molecule has 0 fully saturated rings. The first-order valence-electron chi connectivity index (χ1n) is 11.1. The Hall–Kier alpha value is -3.89. The van der Waals surface area contributed by atoms with E-state index >= 15 is 0 Å². The van der Waals surface area contributed by atoms with Crippen LogP contribution in [0.2, 0.25) is 0 Å².